The predicted octanol–water partition coefficient (Wildman–Crippen LogP) is 4.16. The van der Waals surface area contributed by atoms with E-state index in [1.807, 2.05) is 42.5 Å². The first kappa shape index (κ1) is 18.5. The molecule has 2 heterocycles. The lowest BCUT2D eigenvalue weighted by atomic mass is 9.93. The zero-order valence-corrected chi connectivity index (χ0v) is 16.7. The third-order valence-electron chi connectivity index (χ3n) is 6.02. The lowest BCUT2D eigenvalue weighted by Crippen LogP contribution is -2.29. The number of methoxy groups -OCH3 is 1. The Bertz CT molecular complexity index is 1120. The van der Waals surface area contributed by atoms with Crippen LogP contribution in [0.15, 0.2) is 65.3 Å². The number of benzene rings is 2. The highest BCUT2D eigenvalue weighted by atomic mass is 16.5. The van der Waals surface area contributed by atoms with Gasteiger partial charge in [-0.25, -0.2) is 0 Å². The molecule has 0 atom stereocenters. The van der Waals surface area contributed by atoms with Crippen molar-refractivity contribution < 1.29 is 18.7 Å². The Morgan fingerprint density at radius 2 is 1.93 bits per heavy atom. The van der Waals surface area contributed by atoms with Gasteiger partial charge in [0.05, 0.1) is 18.8 Å². The van der Waals surface area contributed by atoms with Crippen LogP contribution >= 0.6 is 0 Å². The molecule has 2 amide bonds. The summed E-state index contributed by atoms with van der Waals surface area (Å²) in [5.74, 6) is 0.823. The number of carbonyl (C=O) groups is 2. The summed E-state index contributed by atoms with van der Waals surface area (Å²) in [4.78, 5) is 27.7. The Morgan fingerprint density at radius 3 is 2.67 bits per heavy atom. The minimum atomic E-state index is -0.560. The van der Waals surface area contributed by atoms with Gasteiger partial charge < -0.3 is 19.4 Å². The quantitative estimate of drug-likeness (QED) is 0.696. The number of rotatable bonds is 5. The Hall–Kier alpha value is -3.54. The maximum Gasteiger partial charge on any atom is 0.293 e. The van der Waals surface area contributed by atoms with E-state index in [0.717, 1.165) is 41.8 Å². The van der Waals surface area contributed by atoms with Crippen LogP contribution in [0.25, 0.3) is 0 Å². The largest absolute Gasteiger partial charge is 0.496 e. The van der Waals surface area contributed by atoms with Gasteiger partial charge in [0.15, 0.2) is 5.76 Å². The second kappa shape index (κ2) is 7.06. The Morgan fingerprint density at radius 1 is 1.10 bits per heavy atom. The molecule has 0 spiro atoms. The van der Waals surface area contributed by atoms with Crippen molar-refractivity contribution in [3.05, 3.63) is 77.7 Å². The number of ether oxygens (including phenoxy) is 1. The fraction of sp³-hybridized carbons (Fsp3) is 0.250. The topological polar surface area (TPSA) is 71.8 Å². The molecular formula is C24H22N2O4. The van der Waals surface area contributed by atoms with E-state index in [4.69, 9.17) is 9.15 Å². The Balaban J connectivity index is 1.40. The highest BCUT2D eigenvalue weighted by Gasteiger charge is 2.52. The molecule has 1 aromatic heterocycles. The van der Waals surface area contributed by atoms with Gasteiger partial charge in [-0.1, -0.05) is 24.3 Å². The number of amides is 2. The van der Waals surface area contributed by atoms with Crippen molar-refractivity contribution in [2.75, 3.05) is 23.9 Å². The first-order valence-corrected chi connectivity index (χ1v) is 10.1. The number of para-hydroxylation sites is 1. The maximum atomic E-state index is 13.2. The molecule has 2 aliphatic rings. The van der Waals surface area contributed by atoms with Gasteiger partial charge in [-0.05, 0) is 55.2 Å². The number of nitrogens with one attached hydrogen (secondary N) is 1. The monoisotopic (exact) mass is 402 g/mol. The van der Waals surface area contributed by atoms with E-state index >= 15 is 0 Å². The molecule has 30 heavy (non-hydrogen) atoms. The van der Waals surface area contributed by atoms with E-state index in [0.29, 0.717) is 18.0 Å². The van der Waals surface area contributed by atoms with Crippen molar-refractivity contribution in [1.29, 1.82) is 0 Å². The van der Waals surface area contributed by atoms with Crippen LogP contribution in [0, 0.1) is 0 Å². The van der Waals surface area contributed by atoms with Crippen LogP contribution in [0.5, 0.6) is 5.75 Å². The number of nitrogens with zero attached hydrogens (tertiary/aromatic N) is 1. The van der Waals surface area contributed by atoms with Crippen LogP contribution in [0.3, 0.4) is 0 Å². The average Bonchev–Trinajstić information content (AvgIpc) is 3.20. The SMILES string of the molecule is COc1ccccc1C1(C(=O)Nc2ccc3c(c2)N(C(=O)c2ccco2)CC3)CC1. The summed E-state index contributed by atoms with van der Waals surface area (Å²) >= 11 is 0. The number of carbonyl (C=O) groups excluding carboxylic acids is 2. The highest BCUT2D eigenvalue weighted by molar-refractivity contribution is 6.07. The molecule has 152 valence electrons. The Kier molecular flexibility index (Phi) is 4.35. The lowest BCUT2D eigenvalue weighted by Gasteiger charge is -2.20. The van der Waals surface area contributed by atoms with Crippen LogP contribution < -0.4 is 15.0 Å². The van der Waals surface area contributed by atoms with Gasteiger partial charge in [0, 0.05) is 23.5 Å². The van der Waals surface area contributed by atoms with Crippen molar-refractivity contribution in [3.8, 4) is 5.75 Å². The summed E-state index contributed by atoms with van der Waals surface area (Å²) in [6.45, 7) is 0.595. The van der Waals surface area contributed by atoms with Crippen LogP contribution in [-0.2, 0) is 16.6 Å². The van der Waals surface area contributed by atoms with Crippen molar-refractivity contribution >= 4 is 23.2 Å². The number of fused-ring (bicyclic) bond motifs is 1. The number of hydrogen-bond donors (Lipinski definition) is 1. The van der Waals surface area contributed by atoms with Crippen molar-refractivity contribution in [2.24, 2.45) is 0 Å². The van der Waals surface area contributed by atoms with Crippen LogP contribution in [-0.4, -0.2) is 25.5 Å². The smallest absolute Gasteiger partial charge is 0.293 e. The fourth-order valence-corrected chi connectivity index (χ4v) is 4.24. The number of furan rings is 1. The van der Waals surface area contributed by atoms with Gasteiger partial charge in [0.2, 0.25) is 5.91 Å². The van der Waals surface area contributed by atoms with Gasteiger partial charge in [0.1, 0.15) is 5.75 Å². The molecule has 6 nitrogen and oxygen atoms in total. The van der Waals surface area contributed by atoms with Crippen molar-refractivity contribution in [3.63, 3.8) is 0 Å². The first-order valence-electron chi connectivity index (χ1n) is 10.1. The van der Waals surface area contributed by atoms with Crippen LogP contribution in [0.4, 0.5) is 11.4 Å². The second-order valence-electron chi connectivity index (χ2n) is 7.76. The first-order chi connectivity index (χ1) is 14.6. The van der Waals surface area contributed by atoms with Gasteiger partial charge in [-0.3, -0.25) is 9.59 Å². The molecule has 1 fully saturated rings. The summed E-state index contributed by atoms with van der Waals surface area (Å²) in [6.07, 6.45) is 3.84. The molecule has 6 heteroatoms. The molecule has 0 unspecified atom stereocenters. The lowest BCUT2D eigenvalue weighted by molar-refractivity contribution is -0.118. The summed E-state index contributed by atoms with van der Waals surface area (Å²) in [7, 11) is 1.62. The fourth-order valence-electron chi connectivity index (χ4n) is 4.24. The third kappa shape index (κ3) is 2.96. The van der Waals surface area contributed by atoms with E-state index in [1.165, 1.54) is 6.26 Å². The normalized spacial score (nSPS) is 16.1. The molecule has 1 N–H and O–H groups in total. The van der Waals surface area contributed by atoms with Crippen molar-refractivity contribution in [2.45, 2.75) is 24.7 Å². The van der Waals surface area contributed by atoms with E-state index in [9.17, 15) is 9.59 Å². The summed E-state index contributed by atoms with van der Waals surface area (Å²) in [6, 6.07) is 16.8. The van der Waals surface area contributed by atoms with Crippen molar-refractivity contribution in [1.82, 2.24) is 0 Å². The molecule has 2 aromatic carbocycles. The molecular weight excluding hydrogens is 380 g/mol. The van der Waals surface area contributed by atoms with Gasteiger partial charge in [0.25, 0.3) is 5.91 Å². The average molecular weight is 402 g/mol. The van der Waals surface area contributed by atoms with E-state index < -0.39 is 5.41 Å². The van der Waals surface area contributed by atoms with E-state index in [1.54, 1.807) is 24.1 Å². The number of anilines is 2. The molecule has 1 aliphatic heterocycles. The number of hydrogen-bond acceptors (Lipinski definition) is 4. The summed E-state index contributed by atoms with van der Waals surface area (Å²) < 4.78 is 10.7. The van der Waals surface area contributed by atoms with Crippen LogP contribution in [0.2, 0.25) is 0 Å². The molecule has 3 aromatic rings. The van der Waals surface area contributed by atoms with Crippen LogP contribution in [0.1, 0.15) is 34.5 Å². The predicted molar refractivity (Wildman–Crippen MR) is 113 cm³/mol. The summed E-state index contributed by atoms with van der Waals surface area (Å²) in [5.41, 5.74) is 2.94. The van der Waals surface area contributed by atoms with E-state index in [2.05, 4.69) is 5.32 Å². The standard InChI is InChI=1S/C24H22N2O4/c1-29-20-6-3-2-5-18(20)24(11-12-24)23(28)25-17-9-8-16-10-13-26(19(16)15-17)22(27)21-7-4-14-30-21/h2-9,14-15H,10-13H2,1H3,(H,25,28). The zero-order chi connectivity index (χ0) is 20.7. The molecule has 5 rings (SSSR count). The molecule has 0 bridgehead atoms. The second-order valence-corrected chi connectivity index (χ2v) is 7.76. The Labute approximate surface area is 174 Å². The highest BCUT2D eigenvalue weighted by Crippen LogP contribution is 2.52. The molecule has 0 saturated heterocycles. The van der Waals surface area contributed by atoms with Gasteiger partial charge in [-0.15, -0.1) is 0 Å². The van der Waals surface area contributed by atoms with Gasteiger partial charge >= 0.3 is 0 Å². The van der Waals surface area contributed by atoms with Gasteiger partial charge in [-0.2, -0.15) is 0 Å². The minimum Gasteiger partial charge on any atom is -0.496 e. The third-order valence-corrected chi connectivity index (χ3v) is 6.02. The maximum absolute atomic E-state index is 13.2. The molecule has 0 radical (unpaired) electrons. The zero-order valence-electron chi connectivity index (χ0n) is 16.7. The minimum absolute atomic E-state index is 0.0474. The molecule has 1 aliphatic carbocycles. The van der Waals surface area contributed by atoms with E-state index in [-0.39, 0.29) is 11.8 Å². The molecule has 1 saturated carbocycles. The summed E-state index contributed by atoms with van der Waals surface area (Å²) in [5, 5.41) is 3.06.